The number of aliphatic carboxylic acids is 1. The maximum Gasteiger partial charge on any atom is 0.328 e. The molecule has 0 bridgehead atoms. The molecule has 5 nitrogen and oxygen atoms in total. The van der Waals surface area contributed by atoms with Gasteiger partial charge in [-0.1, -0.05) is 0 Å². The van der Waals surface area contributed by atoms with E-state index in [2.05, 4.69) is 0 Å². The molecule has 0 radical (unpaired) electrons. The van der Waals surface area contributed by atoms with E-state index in [1.54, 1.807) is 0 Å². The highest BCUT2D eigenvalue weighted by atomic mass is 16.5. The van der Waals surface area contributed by atoms with Crippen LogP contribution in [-0.2, 0) is 9.59 Å². The minimum Gasteiger partial charge on any atom is -0.478 e. The molecule has 0 saturated heterocycles. The van der Waals surface area contributed by atoms with Gasteiger partial charge in [0.05, 0.1) is 0 Å². The first-order valence-electron chi connectivity index (χ1n) is 2.35. The van der Waals surface area contributed by atoms with Gasteiger partial charge in [0.15, 0.2) is 0 Å². The van der Waals surface area contributed by atoms with E-state index >= 15 is 0 Å². The molecule has 0 amide bonds. The number of carbonyl (C=O) groups is 2. The average Bonchev–Trinajstić information content (AvgIpc) is 1.82. The molecule has 5 heteroatoms. The summed E-state index contributed by atoms with van der Waals surface area (Å²) in [5.74, 6) is -2.36. The lowest BCUT2D eigenvalue weighted by molar-refractivity contribution is -0.140. The first-order chi connectivity index (χ1) is 4.54. The predicted octanol–water partition coefficient (Wildman–Crippen LogP) is -1.49. The highest BCUT2D eigenvalue weighted by molar-refractivity contribution is 5.96. The van der Waals surface area contributed by atoms with E-state index in [4.69, 9.17) is 15.3 Å². The monoisotopic (exact) mass is 146 g/mol. The van der Waals surface area contributed by atoms with Crippen LogP contribution < -0.4 is 0 Å². The molecule has 0 atom stereocenters. The number of carboxylic acids is 1. The zero-order valence-electron chi connectivity index (χ0n) is 4.89. The Morgan fingerprint density at radius 1 is 1.20 bits per heavy atom. The summed E-state index contributed by atoms with van der Waals surface area (Å²) >= 11 is 0. The van der Waals surface area contributed by atoms with Crippen molar-refractivity contribution < 1.29 is 24.9 Å². The van der Waals surface area contributed by atoms with Crippen molar-refractivity contribution in [3.63, 3.8) is 0 Å². The van der Waals surface area contributed by atoms with Crippen LogP contribution in [-0.4, -0.2) is 33.4 Å². The Balaban J connectivity index is 3.90. The number of aliphatic hydroxyl groups excluding tert-OH is 1. The van der Waals surface area contributed by atoms with Gasteiger partial charge in [-0.15, -0.1) is 0 Å². The van der Waals surface area contributed by atoms with Crippen LogP contribution in [0.1, 0.15) is 0 Å². The van der Waals surface area contributed by atoms with Crippen molar-refractivity contribution in [3.05, 3.63) is 12.2 Å². The molecule has 0 rings (SSSR count). The Bertz CT molecular complexity index is 169. The third-order valence-electron chi connectivity index (χ3n) is 0.645. The fraction of sp³-hybridized carbons (Fsp3) is 0.200. The summed E-state index contributed by atoms with van der Waals surface area (Å²) in [6.45, 7) is 0. The highest BCUT2D eigenvalue weighted by Crippen LogP contribution is 1.82. The molecule has 0 aliphatic rings. The average molecular weight is 146 g/mol. The Kier molecular flexibility index (Phi) is 3.30. The molecule has 0 aliphatic carbocycles. The molecule has 0 heterocycles. The topological polar surface area (TPSA) is 94.8 Å². The molecular weight excluding hydrogens is 140 g/mol. The van der Waals surface area contributed by atoms with Crippen LogP contribution in [0.15, 0.2) is 12.2 Å². The molecule has 0 aliphatic heterocycles. The van der Waals surface area contributed by atoms with Gasteiger partial charge in [-0.05, 0) is 6.08 Å². The van der Waals surface area contributed by atoms with Gasteiger partial charge in [-0.25, -0.2) is 4.79 Å². The van der Waals surface area contributed by atoms with Crippen LogP contribution in [0.4, 0.5) is 0 Å². The van der Waals surface area contributed by atoms with Gasteiger partial charge in [0.2, 0.25) is 12.1 Å². The fourth-order valence-electron chi connectivity index (χ4n) is 0.239. The standard InChI is InChI=1S/C5H6O5/c6-3(5(9)10)1-2-4(7)8/h1-2,5,9-10H,(H,7,8). The van der Waals surface area contributed by atoms with Crippen LogP contribution in [0.3, 0.4) is 0 Å². The fourth-order valence-corrected chi connectivity index (χ4v) is 0.239. The van der Waals surface area contributed by atoms with Crippen molar-refractivity contribution >= 4 is 11.8 Å². The molecule has 0 aromatic rings. The first-order valence-corrected chi connectivity index (χ1v) is 2.35. The number of ketones is 1. The minimum atomic E-state index is -2.13. The number of aliphatic hydroxyl groups is 2. The number of rotatable bonds is 3. The third kappa shape index (κ3) is 3.76. The van der Waals surface area contributed by atoms with Gasteiger partial charge < -0.3 is 15.3 Å². The van der Waals surface area contributed by atoms with Crippen molar-refractivity contribution in [2.24, 2.45) is 0 Å². The maximum atomic E-state index is 10.2. The summed E-state index contributed by atoms with van der Waals surface area (Å²) in [5, 5.41) is 24.1. The molecule has 0 saturated carbocycles. The zero-order chi connectivity index (χ0) is 8.15. The van der Waals surface area contributed by atoms with Crippen LogP contribution >= 0.6 is 0 Å². The van der Waals surface area contributed by atoms with Crippen LogP contribution in [0.25, 0.3) is 0 Å². The number of hydrogen-bond donors (Lipinski definition) is 3. The van der Waals surface area contributed by atoms with E-state index in [1.165, 1.54) is 0 Å². The minimum absolute atomic E-state index is 0.530. The van der Waals surface area contributed by atoms with Crippen molar-refractivity contribution in [1.82, 2.24) is 0 Å². The Hall–Kier alpha value is -1.20. The zero-order valence-corrected chi connectivity index (χ0v) is 4.89. The highest BCUT2D eigenvalue weighted by Gasteiger charge is 2.05. The Morgan fingerprint density at radius 2 is 1.70 bits per heavy atom. The van der Waals surface area contributed by atoms with Gasteiger partial charge in [0.1, 0.15) is 0 Å². The molecule has 0 aromatic heterocycles. The van der Waals surface area contributed by atoms with E-state index in [9.17, 15) is 9.59 Å². The van der Waals surface area contributed by atoms with Gasteiger partial charge in [0.25, 0.3) is 0 Å². The second kappa shape index (κ2) is 3.76. The first kappa shape index (κ1) is 8.80. The van der Waals surface area contributed by atoms with E-state index in [0.29, 0.717) is 12.2 Å². The maximum absolute atomic E-state index is 10.2. The lowest BCUT2D eigenvalue weighted by Gasteiger charge is -1.92. The SMILES string of the molecule is O=C(O)C=CC(=O)C(O)O. The predicted molar refractivity (Wildman–Crippen MR) is 30.0 cm³/mol. The van der Waals surface area contributed by atoms with Crippen molar-refractivity contribution in [2.75, 3.05) is 0 Å². The van der Waals surface area contributed by atoms with E-state index in [1.807, 2.05) is 0 Å². The Morgan fingerprint density at radius 3 is 2.00 bits per heavy atom. The van der Waals surface area contributed by atoms with Crippen LogP contribution in [0.2, 0.25) is 0 Å². The number of carbonyl (C=O) groups excluding carboxylic acids is 1. The van der Waals surface area contributed by atoms with Crippen LogP contribution in [0.5, 0.6) is 0 Å². The molecule has 0 fully saturated rings. The smallest absolute Gasteiger partial charge is 0.328 e. The molecule has 56 valence electrons. The lowest BCUT2D eigenvalue weighted by Crippen LogP contribution is -2.16. The van der Waals surface area contributed by atoms with Gasteiger partial charge in [-0.2, -0.15) is 0 Å². The van der Waals surface area contributed by atoms with Gasteiger partial charge in [0, 0.05) is 6.08 Å². The van der Waals surface area contributed by atoms with Crippen LogP contribution in [0, 0.1) is 0 Å². The molecular formula is C5H6O5. The second-order valence-corrected chi connectivity index (χ2v) is 1.45. The molecule has 3 N–H and O–H groups in total. The summed E-state index contributed by atoms with van der Waals surface area (Å²) in [4.78, 5) is 19.9. The second-order valence-electron chi connectivity index (χ2n) is 1.45. The lowest BCUT2D eigenvalue weighted by atomic mass is 10.3. The summed E-state index contributed by atoms with van der Waals surface area (Å²) in [6.07, 6.45) is -1.02. The summed E-state index contributed by atoms with van der Waals surface area (Å²) in [5.41, 5.74) is 0. The summed E-state index contributed by atoms with van der Waals surface area (Å²) < 4.78 is 0. The van der Waals surface area contributed by atoms with Gasteiger partial charge in [-0.3, -0.25) is 4.79 Å². The normalized spacial score (nSPS) is 10.7. The summed E-state index contributed by atoms with van der Waals surface area (Å²) in [7, 11) is 0. The van der Waals surface area contributed by atoms with E-state index < -0.39 is 18.0 Å². The van der Waals surface area contributed by atoms with Crippen molar-refractivity contribution in [2.45, 2.75) is 6.29 Å². The van der Waals surface area contributed by atoms with Gasteiger partial charge >= 0.3 is 5.97 Å². The molecule has 0 spiro atoms. The molecule has 0 unspecified atom stereocenters. The van der Waals surface area contributed by atoms with E-state index in [0.717, 1.165) is 0 Å². The largest absolute Gasteiger partial charge is 0.478 e. The van der Waals surface area contributed by atoms with Crippen molar-refractivity contribution in [1.29, 1.82) is 0 Å². The van der Waals surface area contributed by atoms with Crippen molar-refractivity contribution in [3.8, 4) is 0 Å². The third-order valence-corrected chi connectivity index (χ3v) is 0.645. The quantitative estimate of drug-likeness (QED) is 0.333. The number of hydrogen-bond acceptors (Lipinski definition) is 4. The Labute approximate surface area is 56.2 Å². The molecule has 10 heavy (non-hydrogen) atoms. The van der Waals surface area contributed by atoms with E-state index in [-0.39, 0.29) is 0 Å². The summed E-state index contributed by atoms with van der Waals surface area (Å²) in [6, 6.07) is 0. The number of carboxylic acid groups (broad SMARTS) is 1. The molecule has 0 aromatic carbocycles.